The summed E-state index contributed by atoms with van der Waals surface area (Å²) in [7, 11) is 3.57. The van der Waals surface area contributed by atoms with E-state index in [1.165, 1.54) is 6.33 Å². The molecule has 0 radical (unpaired) electrons. The van der Waals surface area contributed by atoms with Crippen molar-refractivity contribution in [1.29, 1.82) is 0 Å². The third-order valence-electron chi connectivity index (χ3n) is 1.08. The zero-order valence-electron chi connectivity index (χ0n) is 6.71. The Morgan fingerprint density at radius 3 is 2.83 bits per heavy atom. The van der Waals surface area contributed by atoms with Crippen LogP contribution in [-0.4, -0.2) is 29.0 Å². The molecule has 0 bridgehead atoms. The summed E-state index contributed by atoms with van der Waals surface area (Å²) in [6.07, 6.45) is 1.30. The van der Waals surface area contributed by atoms with E-state index >= 15 is 0 Å². The van der Waals surface area contributed by atoms with Gasteiger partial charge < -0.3 is 4.90 Å². The van der Waals surface area contributed by atoms with Crippen LogP contribution in [0.4, 0.5) is 11.9 Å². The number of aromatic nitrogens is 3. The zero-order chi connectivity index (χ0) is 8.97. The molecule has 7 nitrogen and oxygen atoms in total. The number of hydrogen-bond acceptors (Lipinski definition) is 5. The first-order chi connectivity index (χ1) is 5.74. The molecule has 1 aromatic heterocycles. The van der Waals surface area contributed by atoms with Crippen LogP contribution in [0.1, 0.15) is 0 Å². The van der Waals surface area contributed by atoms with E-state index in [1.54, 1.807) is 19.0 Å². The lowest BCUT2D eigenvalue weighted by Crippen LogP contribution is -2.12. The van der Waals surface area contributed by atoms with Gasteiger partial charge in [0, 0.05) is 19.0 Å². The van der Waals surface area contributed by atoms with E-state index < -0.39 is 0 Å². The van der Waals surface area contributed by atoms with Crippen LogP contribution in [0.3, 0.4) is 0 Å². The second-order valence-corrected chi connectivity index (χ2v) is 2.17. The van der Waals surface area contributed by atoms with Crippen LogP contribution in [0.5, 0.6) is 0 Å². The molecule has 12 heavy (non-hydrogen) atoms. The molecule has 0 saturated carbocycles. The second-order valence-electron chi connectivity index (χ2n) is 2.17. The first-order valence-corrected chi connectivity index (χ1v) is 3.15. The summed E-state index contributed by atoms with van der Waals surface area (Å²) < 4.78 is 0. The van der Waals surface area contributed by atoms with Gasteiger partial charge in [-0.25, -0.2) is 9.97 Å². The Morgan fingerprint density at radius 1 is 1.50 bits per heavy atom. The van der Waals surface area contributed by atoms with E-state index in [-0.39, 0.29) is 5.95 Å². The average Bonchev–Trinajstić information content (AvgIpc) is 2.05. The zero-order valence-corrected chi connectivity index (χ0v) is 6.71. The van der Waals surface area contributed by atoms with Crippen molar-refractivity contribution in [1.82, 2.24) is 15.0 Å². The van der Waals surface area contributed by atoms with Crippen molar-refractivity contribution in [2.45, 2.75) is 0 Å². The Morgan fingerprint density at radius 2 is 2.25 bits per heavy atom. The van der Waals surface area contributed by atoms with Gasteiger partial charge in [0.15, 0.2) is 0 Å². The van der Waals surface area contributed by atoms with Crippen molar-refractivity contribution < 1.29 is 0 Å². The molecule has 0 unspecified atom stereocenters. The van der Waals surface area contributed by atoms with Crippen LogP contribution in [0, 0.1) is 0 Å². The minimum absolute atomic E-state index is 0.0798. The van der Waals surface area contributed by atoms with Gasteiger partial charge >= 0.3 is 0 Å². The first kappa shape index (κ1) is 8.22. The van der Waals surface area contributed by atoms with Gasteiger partial charge in [0.1, 0.15) is 6.33 Å². The van der Waals surface area contributed by atoms with E-state index in [9.17, 15) is 0 Å². The molecule has 1 heterocycles. The third kappa shape index (κ3) is 1.80. The van der Waals surface area contributed by atoms with Gasteiger partial charge in [-0.3, -0.25) is 0 Å². The molecule has 0 aliphatic heterocycles. The minimum Gasteiger partial charge on any atom is -0.347 e. The van der Waals surface area contributed by atoms with Gasteiger partial charge in [0.05, 0.1) is 0 Å². The first-order valence-electron chi connectivity index (χ1n) is 3.15. The fraction of sp³-hybridized carbons (Fsp3) is 0.400. The Kier molecular flexibility index (Phi) is 2.39. The molecule has 62 valence electrons. The summed E-state index contributed by atoms with van der Waals surface area (Å²) in [4.78, 5) is 15.6. The normalized spacial score (nSPS) is 8.83. The van der Waals surface area contributed by atoms with Crippen LogP contribution in [0.2, 0.25) is 0 Å². The lowest BCUT2D eigenvalue weighted by molar-refractivity contribution is 0.950. The van der Waals surface area contributed by atoms with Gasteiger partial charge in [-0.05, 0) is 10.6 Å². The Bertz CT molecular complexity index is 313. The largest absolute Gasteiger partial charge is 0.347 e. The van der Waals surface area contributed by atoms with Crippen LogP contribution in [-0.2, 0) is 0 Å². The molecule has 1 aromatic rings. The molecule has 0 atom stereocenters. The third-order valence-corrected chi connectivity index (χ3v) is 1.08. The molecule has 7 heteroatoms. The Hall–Kier alpha value is -1.88. The fourth-order valence-electron chi connectivity index (χ4n) is 0.583. The predicted octanol–water partition coefficient (Wildman–Crippen LogP) is 0.879. The minimum atomic E-state index is 0.0798. The summed E-state index contributed by atoms with van der Waals surface area (Å²) in [5, 5.41) is 3.24. The second kappa shape index (κ2) is 3.49. The molecule has 0 aromatic carbocycles. The summed E-state index contributed by atoms with van der Waals surface area (Å²) in [5.41, 5.74) is 8.09. The van der Waals surface area contributed by atoms with Gasteiger partial charge in [-0.1, -0.05) is 0 Å². The standard InChI is InChI=1S/C5H7N7/c1-12(2)5-8-3-7-4(9-5)10-11-6/h3H,1-2H3. The number of anilines is 1. The number of azide groups is 1. The topological polar surface area (TPSA) is 90.7 Å². The molecule has 0 saturated heterocycles. The molecular weight excluding hydrogens is 158 g/mol. The molecule has 1 rings (SSSR count). The lowest BCUT2D eigenvalue weighted by Gasteiger charge is -2.07. The summed E-state index contributed by atoms with van der Waals surface area (Å²) in [6.45, 7) is 0. The van der Waals surface area contributed by atoms with E-state index in [2.05, 4.69) is 25.0 Å². The van der Waals surface area contributed by atoms with E-state index in [0.717, 1.165) is 0 Å². The predicted molar refractivity (Wildman–Crippen MR) is 43.0 cm³/mol. The maximum atomic E-state index is 8.09. The van der Waals surface area contributed by atoms with Gasteiger partial charge in [-0.2, -0.15) is 4.98 Å². The highest BCUT2D eigenvalue weighted by Gasteiger charge is 1.99. The van der Waals surface area contributed by atoms with Gasteiger partial charge in [-0.15, -0.1) is 0 Å². The smallest absolute Gasteiger partial charge is 0.228 e. The van der Waals surface area contributed by atoms with Crippen molar-refractivity contribution >= 4 is 11.9 Å². The summed E-state index contributed by atoms with van der Waals surface area (Å²) >= 11 is 0. The maximum Gasteiger partial charge on any atom is 0.228 e. The molecule has 0 aliphatic rings. The molecule has 0 spiro atoms. The summed E-state index contributed by atoms with van der Waals surface area (Å²) in [5.74, 6) is 0.545. The SMILES string of the molecule is CN(C)c1ncnc(N=[N+]=[N-])n1. The monoisotopic (exact) mass is 165 g/mol. The average molecular weight is 165 g/mol. The van der Waals surface area contributed by atoms with Crippen LogP contribution in [0.25, 0.3) is 10.4 Å². The van der Waals surface area contributed by atoms with Crippen molar-refractivity contribution in [2.75, 3.05) is 19.0 Å². The van der Waals surface area contributed by atoms with Crippen molar-refractivity contribution in [3.63, 3.8) is 0 Å². The lowest BCUT2D eigenvalue weighted by atomic mass is 10.8. The fourth-order valence-corrected chi connectivity index (χ4v) is 0.583. The Labute approximate surface area is 68.7 Å². The quantitative estimate of drug-likeness (QED) is 0.369. The van der Waals surface area contributed by atoms with Crippen molar-refractivity contribution in [3.05, 3.63) is 16.8 Å². The van der Waals surface area contributed by atoms with Crippen molar-refractivity contribution in [2.24, 2.45) is 5.11 Å². The molecule has 0 aliphatic carbocycles. The van der Waals surface area contributed by atoms with Crippen LogP contribution >= 0.6 is 0 Å². The van der Waals surface area contributed by atoms with E-state index in [4.69, 9.17) is 5.53 Å². The van der Waals surface area contributed by atoms with Gasteiger partial charge in [0.25, 0.3) is 0 Å². The van der Waals surface area contributed by atoms with E-state index in [1.807, 2.05) is 0 Å². The number of rotatable bonds is 2. The van der Waals surface area contributed by atoms with E-state index in [0.29, 0.717) is 5.95 Å². The highest BCUT2D eigenvalue weighted by molar-refractivity contribution is 5.29. The molecule has 0 fully saturated rings. The maximum absolute atomic E-state index is 8.09. The number of hydrogen-bond donors (Lipinski definition) is 0. The molecule has 0 amide bonds. The number of nitrogens with zero attached hydrogens (tertiary/aromatic N) is 7. The molecule has 0 N–H and O–H groups in total. The summed E-state index contributed by atoms with van der Waals surface area (Å²) in [6, 6.07) is 0. The van der Waals surface area contributed by atoms with Crippen molar-refractivity contribution in [3.8, 4) is 0 Å². The van der Waals surface area contributed by atoms with Crippen LogP contribution < -0.4 is 4.90 Å². The highest BCUT2D eigenvalue weighted by atomic mass is 15.3. The highest BCUT2D eigenvalue weighted by Crippen LogP contribution is 2.06. The van der Waals surface area contributed by atoms with Gasteiger partial charge in [0.2, 0.25) is 11.9 Å². The van der Waals surface area contributed by atoms with Crippen LogP contribution in [0.15, 0.2) is 11.4 Å². The Balaban J connectivity index is 3.03. The molecular formula is C5H7N7.